The Kier molecular flexibility index (Phi) is 6.11. The van der Waals surface area contributed by atoms with Crippen LogP contribution in [0.15, 0.2) is 17.6 Å². The number of piperazine rings is 1. The van der Waals surface area contributed by atoms with E-state index in [9.17, 15) is 4.79 Å². The number of carbonyl (C=O) groups excluding carboxylic acids is 1. The predicted molar refractivity (Wildman–Crippen MR) is 99.8 cm³/mol. The monoisotopic (exact) mass is 400 g/mol. The number of aromatic nitrogens is 2. The van der Waals surface area contributed by atoms with Crippen molar-refractivity contribution in [1.82, 2.24) is 14.9 Å². The first kappa shape index (κ1) is 18.4. The molecule has 1 fully saturated rings. The van der Waals surface area contributed by atoms with Gasteiger partial charge in [0.25, 0.3) is 0 Å². The van der Waals surface area contributed by atoms with E-state index in [1.54, 1.807) is 19.2 Å². The summed E-state index contributed by atoms with van der Waals surface area (Å²) in [6.07, 6.45) is 1.61. The average Bonchev–Trinajstić information content (AvgIpc) is 3.05. The van der Waals surface area contributed by atoms with Gasteiger partial charge in [-0.25, -0.2) is 14.8 Å². The largest absolute Gasteiger partial charge is 0.461 e. The van der Waals surface area contributed by atoms with Crippen LogP contribution >= 0.6 is 34.5 Å². The van der Waals surface area contributed by atoms with E-state index in [0.29, 0.717) is 28.2 Å². The van der Waals surface area contributed by atoms with Gasteiger partial charge in [-0.15, -0.1) is 11.3 Å². The summed E-state index contributed by atoms with van der Waals surface area (Å²) in [5.74, 6) is 0.413. The normalized spacial score (nSPS) is 15.4. The molecule has 2 aromatic rings. The van der Waals surface area contributed by atoms with E-state index in [0.717, 1.165) is 37.7 Å². The molecule has 2 aromatic heterocycles. The molecule has 1 saturated heterocycles. The highest BCUT2D eigenvalue weighted by Crippen LogP contribution is 2.27. The van der Waals surface area contributed by atoms with Crippen LogP contribution in [0.3, 0.4) is 0 Å². The SMILES string of the molecule is CCOC(=O)c1nc(CN2CCN(c3ncc(Cl)cc3Cl)CC2)cs1. The Hall–Kier alpha value is -1.41. The van der Waals surface area contributed by atoms with Crippen molar-refractivity contribution in [3.63, 3.8) is 0 Å². The highest BCUT2D eigenvalue weighted by Gasteiger charge is 2.21. The van der Waals surface area contributed by atoms with E-state index in [-0.39, 0.29) is 5.97 Å². The molecule has 0 amide bonds. The van der Waals surface area contributed by atoms with Crippen molar-refractivity contribution in [1.29, 1.82) is 0 Å². The van der Waals surface area contributed by atoms with Gasteiger partial charge in [-0.1, -0.05) is 23.2 Å². The molecular weight excluding hydrogens is 383 g/mol. The molecule has 0 bridgehead atoms. The van der Waals surface area contributed by atoms with E-state index in [1.165, 1.54) is 11.3 Å². The van der Waals surface area contributed by atoms with Gasteiger partial charge in [-0.05, 0) is 13.0 Å². The Labute approximate surface area is 160 Å². The van der Waals surface area contributed by atoms with Crippen molar-refractivity contribution in [3.05, 3.63) is 38.4 Å². The van der Waals surface area contributed by atoms with Gasteiger partial charge in [-0.3, -0.25) is 4.90 Å². The number of ether oxygens (including phenoxy) is 1. The van der Waals surface area contributed by atoms with Gasteiger partial charge in [0.1, 0.15) is 5.82 Å². The fourth-order valence-corrected chi connectivity index (χ4v) is 3.85. The maximum Gasteiger partial charge on any atom is 0.367 e. The highest BCUT2D eigenvalue weighted by molar-refractivity contribution is 7.11. The molecule has 9 heteroatoms. The highest BCUT2D eigenvalue weighted by atomic mass is 35.5. The number of hydrogen-bond acceptors (Lipinski definition) is 7. The summed E-state index contributed by atoms with van der Waals surface area (Å²) in [6, 6.07) is 1.71. The van der Waals surface area contributed by atoms with Gasteiger partial charge in [0, 0.05) is 44.3 Å². The van der Waals surface area contributed by atoms with Crippen molar-refractivity contribution in [3.8, 4) is 0 Å². The van der Waals surface area contributed by atoms with E-state index in [2.05, 4.69) is 19.8 Å². The topological polar surface area (TPSA) is 58.6 Å². The molecule has 0 N–H and O–H groups in total. The van der Waals surface area contributed by atoms with Gasteiger partial charge in [0.15, 0.2) is 0 Å². The molecule has 3 rings (SSSR count). The quantitative estimate of drug-likeness (QED) is 0.717. The standard InChI is InChI=1S/C16H18Cl2N4O2S/c1-2-24-16(23)15-20-12(10-25-15)9-21-3-5-22(6-4-21)14-13(18)7-11(17)8-19-14/h7-8,10H,2-6,9H2,1H3. The summed E-state index contributed by atoms with van der Waals surface area (Å²) in [5.41, 5.74) is 0.893. The Morgan fingerprint density at radius 2 is 2.08 bits per heavy atom. The second-order valence-electron chi connectivity index (χ2n) is 5.59. The number of nitrogens with zero attached hydrogens (tertiary/aromatic N) is 4. The number of hydrogen-bond donors (Lipinski definition) is 0. The van der Waals surface area contributed by atoms with Gasteiger partial charge < -0.3 is 9.64 Å². The third-order valence-electron chi connectivity index (χ3n) is 3.85. The minimum atomic E-state index is -0.355. The zero-order chi connectivity index (χ0) is 17.8. The lowest BCUT2D eigenvalue weighted by atomic mass is 10.3. The number of esters is 1. The summed E-state index contributed by atoms with van der Waals surface area (Å²) in [4.78, 5) is 24.8. The Morgan fingerprint density at radius 3 is 2.76 bits per heavy atom. The fraction of sp³-hybridized carbons (Fsp3) is 0.438. The molecule has 0 spiro atoms. The summed E-state index contributed by atoms with van der Waals surface area (Å²) in [5, 5.41) is 3.43. The van der Waals surface area contributed by atoms with Gasteiger partial charge in [0.05, 0.1) is 22.3 Å². The van der Waals surface area contributed by atoms with Crippen LogP contribution in [0, 0.1) is 0 Å². The average molecular weight is 401 g/mol. The van der Waals surface area contributed by atoms with Gasteiger partial charge >= 0.3 is 5.97 Å². The van der Waals surface area contributed by atoms with Gasteiger partial charge in [0.2, 0.25) is 5.01 Å². The van der Waals surface area contributed by atoms with Gasteiger partial charge in [-0.2, -0.15) is 0 Å². The first-order valence-corrected chi connectivity index (χ1v) is 9.60. The van der Waals surface area contributed by atoms with Crippen LogP contribution in [0.25, 0.3) is 0 Å². The summed E-state index contributed by atoms with van der Waals surface area (Å²) in [7, 11) is 0. The number of anilines is 1. The summed E-state index contributed by atoms with van der Waals surface area (Å²) >= 11 is 13.5. The molecule has 0 atom stereocenters. The molecule has 3 heterocycles. The van der Waals surface area contributed by atoms with Crippen LogP contribution in [0.2, 0.25) is 10.0 Å². The Bertz CT molecular complexity index is 747. The number of rotatable bonds is 5. The van der Waals surface area contributed by atoms with Crippen LogP contribution in [0.5, 0.6) is 0 Å². The lowest BCUT2D eigenvalue weighted by Crippen LogP contribution is -2.46. The number of halogens is 2. The van der Waals surface area contributed by atoms with Crippen molar-refractivity contribution in [2.45, 2.75) is 13.5 Å². The van der Waals surface area contributed by atoms with E-state index in [4.69, 9.17) is 27.9 Å². The number of carbonyl (C=O) groups is 1. The summed E-state index contributed by atoms with van der Waals surface area (Å²) in [6.45, 7) is 6.24. The van der Waals surface area contributed by atoms with Crippen molar-refractivity contribution in [2.75, 3.05) is 37.7 Å². The minimum absolute atomic E-state index is 0.355. The zero-order valence-electron chi connectivity index (χ0n) is 13.7. The van der Waals surface area contributed by atoms with E-state index < -0.39 is 0 Å². The molecule has 0 saturated carbocycles. The van der Waals surface area contributed by atoms with Crippen LogP contribution < -0.4 is 4.90 Å². The Balaban J connectivity index is 1.55. The lowest BCUT2D eigenvalue weighted by Gasteiger charge is -2.35. The lowest BCUT2D eigenvalue weighted by molar-refractivity contribution is 0.0525. The zero-order valence-corrected chi connectivity index (χ0v) is 16.1. The number of thiazole rings is 1. The molecule has 6 nitrogen and oxygen atoms in total. The van der Waals surface area contributed by atoms with E-state index in [1.807, 2.05) is 5.38 Å². The molecular formula is C16H18Cl2N4O2S. The van der Waals surface area contributed by atoms with Crippen LogP contribution in [-0.2, 0) is 11.3 Å². The fourth-order valence-electron chi connectivity index (χ4n) is 2.65. The smallest absolute Gasteiger partial charge is 0.367 e. The van der Waals surface area contributed by atoms with E-state index >= 15 is 0 Å². The molecule has 0 unspecified atom stereocenters. The molecule has 0 aromatic carbocycles. The molecule has 25 heavy (non-hydrogen) atoms. The maximum absolute atomic E-state index is 11.7. The minimum Gasteiger partial charge on any atom is -0.461 e. The van der Waals surface area contributed by atoms with Crippen molar-refractivity contribution >= 4 is 46.3 Å². The molecule has 134 valence electrons. The van der Waals surface area contributed by atoms with Crippen molar-refractivity contribution in [2.24, 2.45) is 0 Å². The summed E-state index contributed by atoms with van der Waals surface area (Å²) < 4.78 is 4.97. The number of pyridine rings is 1. The van der Waals surface area contributed by atoms with Crippen LogP contribution in [0.4, 0.5) is 5.82 Å². The predicted octanol–water partition coefficient (Wildman–Crippen LogP) is 3.34. The second kappa shape index (κ2) is 8.31. The van der Waals surface area contributed by atoms with Crippen LogP contribution in [-0.4, -0.2) is 53.6 Å². The molecule has 1 aliphatic heterocycles. The maximum atomic E-state index is 11.7. The third kappa shape index (κ3) is 4.61. The molecule has 1 aliphatic rings. The molecule has 0 radical (unpaired) electrons. The molecule has 0 aliphatic carbocycles. The second-order valence-corrected chi connectivity index (χ2v) is 7.29. The Morgan fingerprint density at radius 1 is 1.32 bits per heavy atom. The first-order valence-electron chi connectivity index (χ1n) is 7.96. The van der Waals surface area contributed by atoms with Crippen LogP contribution in [0.1, 0.15) is 22.4 Å². The first-order chi connectivity index (χ1) is 12.1. The van der Waals surface area contributed by atoms with Crippen molar-refractivity contribution < 1.29 is 9.53 Å². The third-order valence-corrected chi connectivity index (χ3v) is 5.20.